The van der Waals surface area contributed by atoms with Crippen LogP contribution in [0.5, 0.6) is 0 Å². The van der Waals surface area contributed by atoms with Crippen molar-refractivity contribution < 1.29 is 17.9 Å². The van der Waals surface area contributed by atoms with Gasteiger partial charge in [-0.25, -0.2) is 0 Å². The van der Waals surface area contributed by atoms with Gasteiger partial charge in [-0.2, -0.15) is 13.2 Å². The molecule has 0 aliphatic heterocycles. The van der Waals surface area contributed by atoms with Crippen molar-refractivity contribution >= 4 is 15.9 Å². The van der Waals surface area contributed by atoms with Crippen LogP contribution in [0.4, 0.5) is 13.2 Å². The van der Waals surface area contributed by atoms with Gasteiger partial charge in [0.2, 0.25) is 0 Å². The molecular weight excluding hydrogens is 297 g/mol. The summed E-state index contributed by atoms with van der Waals surface area (Å²) in [6.07, 6.45) is -4.26. The Morgan fingerprint density at radius 1 is 1.24 bits per heavy atom. The number of hydrogen-bond acceptors (Lipinski definition) is 1. The van der Waals surface area contributed by atoms with Crippen LogP contribution in [0.2, 0.25) is 0 Å². The summed E-state index contributed by atoms with van der Waals surface area (Å²) < 4.78 is 40.5. The lowest BCUT2D eigenvalue weighted by atomic mass is 10.0. The first-order chi connectivity index (χ1) is 7.92. The molecule has 1 rings (SSSR count). The molecule has 0 aromatic heterocycles. The van der Waals surface area contributed by atoms with E-state index >= 15 is 0 Å². The molecule has 0 N–H and O–H groups in total. The van der Waals surface area contributed by atoms with E-state index in [4.69, 9.17) is 0 Å². The fraction of sp³-hybridized carbons (Fsp3) is 0.500. The monoisotopic (exact) mass is 310 g/mol. The number of rotatable bonds is 5. The third-order valence-electron chi connectivity index (χ3n) is 2.32. The van der Waals surface area contributed by atoms with Crippen molar-refractivity contribution in [2.45, 2.75) is 19.0 Å². The Morgan fingerprint density at radius 2 is 1.82 bits per heavy atom. The van der Waals surface area contributed by atoms with E-state index < -0.39 is 12.8 Å². The molecule has 0 heterocycles. The molecule has 1 aromatic carbocycles. The molecule has 0 aliphatic carbocycles. The SMILES string of the molecule is Cc1ccc(C(CBr)COCC(F)(F)F)cc1. The van der Waals surface area contributed by atoms with Gasteiger partial charge in [-0.3, -0.25) is 0 Å². The number of alkyl halides is 4. The van der Waals surface area contributed by atoms with Crippen molar-refractivity contribution in [1.82, 2.24) is 0 Å². The molecule has 0 bridgehead atoms. The maximum Gasteiger partial charge on any atom is 0.411 e. The van der Waals surface area contributed by atoms with E-state index in [0.717, 1.165) is 11.1 Å². The normalized spacial score (nSPS) is 13.7. The highest BCUT2D eigenvalue weighted by molar-refractivity contribution is 9.09. The molecule has 1 atom stereocenters. The highest BCUT2D eigenvalue weighted by Gasteiger charge is 2.28. The van der Waals surface area contributed by atoms with Crippen molar-refractivity contribution in [2.24, 2.45) is 0 Å². The Hall–Kier alpha value is -0.550. The van der Waals surface area contributed by atoms with Gasteiger partial charge in [-0.05, 0) is 12.5 Å². The topological polar surface area (TPSA) is 9.23 Å². The molecule has 1 aromatic rings. The molecule has 0 spiro atoms. The molecule has 0 amide bonds. The number of aryl methyl sites for hydroxylation is 1. The second kappa shape index (κ2) is 6.40. The van der Waals surface area contributed by atoms with Crippen LogP contribution in [0.15, 0.2) is 24.3 Å². The van der Waals surface area contributed by atoms with Crippen molar-refractivity contribution in [3.63, 3.8) is 0 Å². The van der Waals surface area contributed by atoms with Crippen LogP contribution in [-0.2, 0) is 4.74 Å². The molecule has 96 valence electrons. The Bertz CT molecular complexity index is 335. The molecule has 0 aliphatic rings. The standard InChI is InChI=1S/C12H14BrF3O/c1-9-2-4-10(5-3-9)11(6-13)7-17-8-12(14,15)16/h2-5,11H,6-8H2,1H3. The summed E-state index contributed by atoms with van der Waals surface area (Å²) in [5.41, 5.74) is 2.10. The first-order valence-corrected chi connectivity index (χ1v) is 6.31. The summed E-state index contributed by atoms with van der Waals surface area (Å²) in [5.74, 6) is -0.0575. The van der Waals surface area contributed by atoms with Crippen LogP contribution >= 0.6 is 15.9 Å². The maximum absolute atomic E-state index is 11.9. The summed E-state index contributed by atoms with van der Waals surface area (Å²) >= 11 is 3.29. The third-order valence-corrected chi connectivity index (χ3v) is 3.10. The lowest BCUT2D eigenvalue weighted by Crippen LogP contribution is -2.20. The number of hydrogen-bond donors (Lipinski definition) is 0. The fourth-order valence-electron chi connectivity index (χ4n) is 1.39. The number of ether oxygens (including phenoxy) is 1. The quantitative estimate of drug-likeness (QED) is 0.745. The van der Waals surface area contributed by atoms with Crippen LogP contribution in [0, 0.1) is 6.92 Å². The highest BCUT2D eigenvalue weighted by atomic mass is 79.9. The predicted molar refractivity (Wildman–Crippen MR) is 64.6 cm³/mol. The first kappa shape index (κ1) is 14.5. The minimum absolute atomic E-state index is 0.0575. The lowest BCUT2D eigenvalue weighted by Gasteiger charge is -2.16. The van der Waals surface area contributed by atoms with E-state index in [1.807, 2.05) is 31.2 Å². The summed E-state index contributed by atoms with van der Waals surface area (Å²) in [6.45, 7) is 0.837. The maximum atomic E-state index is 11.9. The van der Waals surface area contributed by atoms with Crippen molar-refractivity contribution in [3.05, 3.63) is 35.4 Å². The summed E-state index contributed by atoms with van der Waals surface area (Å²) in [6, 6.07) is 7.71. The summed E-state index contributed by atoms with van der Waals surface area (Å²) in [7, 11) is 0. The average Bonchev–Trinajstić information content (AvgIpc) is 2.24. The molecule has 0 saturated carbocycles. The van der Waals surface area contributed by atoms with Crippen LogP contribution < -0.4 is 0 Å². The molecule has 0 fully saturated rings. The van der Waals surface area contributed by atoms with E-state index in [0.29, 0.717) is 5.33 Å². The van der Waals surface area contributed by atoms with E-state index in [-0.39, 0.29) is 12.5 Å². The molecule has 1 unspecified atom stereocenters. The minimum atomic E-state index is -4.26. The van der Waals surface area contributed by atoms with Gasteiger partial charge in [0.25, 0.3) is 0 Å². The largest absolute Gasteiger partial charge is 0.411 e. The highest BCUT2D eigenvalue weighted by Crippen LogP contribution is 2.21. The van der Waals surface area contributed by atoms with Crippen LogP contribution in [0.3, 0.4) is 0 Å². The van der Waals surface area contributed by atoms with Gasteiger partial charge in [0.1, 0.15) is 6.61 Å². The second-order valence-corrected chi connectivity index (χ2v) is 4.54. The zero-order valence-electron chi connectivity index (χ0n) is 9.43. The second-order valence-electron chi connectivity index (χ2n) is 3.89. The number of benzene rings is 1. The zero-order valence-corrected chi connectivity index (χ0v) is 11.0. The van der Waals surface area contributed by atoms with Crippen LogP contribution in [0.1, 0.15) is 17.0 Å². The van der Waals surface area contributed by atoms with Gasteiger partial charge in [0.15, 0.2) is 0 Å². The Labute approximate surface area is 107 Å². The molecule has 0 saturated heterocycles. The third kappa shape index (κ3) is 5.55. The van der Waals surface area contributed by atoms with Gasteiger partial charge >= 0.3 is 6.18 Å². The first-order valence-electron chi connectivity index (χ1n) is 5.19. The Balaban J connectivity index is 2.51. The van der Waals surface area contributed by atoms with Crippen LogP contribution in [0.25, 0.3) is 0 Å². The van der Waals surface area contributed by atoms with Crippen molar-refractivity contribution in [2.75, 3.05) is 18.5 Å². The van der Waals surface area contributed by atoms with Crippen LogP contribution in [-0.4, -0.2) is 24.7 Å². The van der Waals surface area contributed by atoms with Gasteiger partial charge in [-0.1, -0.05) is 45.8 Å². The lowest BCUT2D eigenvalue weighted by molar-refractivity contribution is -0.174. The molecule has 0 radical (unpaired) electrons. The summed E-state index contributed by atoms with van der Waals surface area (Å²) in [5, 5.41) is 0.577. The smallest absolute Gasteiger partial charge is 0.371 e. The predicted octanol–water partition coefficient (Wildman–Crippen LogP) is 4.05. The average molecular weight is 311 g/mol. The Morgan fingerprint density at radius 3 is 2.29 bits per heavy atom. The van der Waals surface area contributed by atoms with E-state index in [1.54, 1.807) is 0 Å². The van der Waals surface area contributed by atoms with Crippen molar-refractivity contribution in [3.8, 4) is 0 Å². The van der Waals surface area contributed by atoms with Gasteiger partial charge < -0.3 is 4.74 Å². The fourth-order valence-corrected chi connectivity index (χ4v) is 1.95. The minimum Gasteiger partial charge on any atom is -0.371 e. The molecule has 1 nitrogen and oxygen atoms in total. The van der Waals surface area contributed by atoms with Crippen molar-refractivity contribution in [1.29, 1.82) is 0 Å². The van der Waals surface area contributed by atoms with E-state index in [9.17, 15) is 13.2 Å². The van der Waals surface area contributed by atoms with Gasteiger partial charge in [0.05, 0.1) is 6.61 Å². The van der Waals surface area contributed by atoms with Gasteiger partial charge in [0, 0.05) is 11.2 Å². The molecule has 17 heavy (non-hydrogen) atoms. The van der Waals surface area contributed by atoms with E-state index in [1.165, 1.54) is 0 Å². The van der Waals surface area contributed by atoms with E-state index in [2.05, 4.69) is 20.7 Å². The molecular formula is C12H14BrF3O. The van der Waals surface area contributed by atoms with Gasteiger partial charge in [-0.15, -0.1) is 0 Å². The number of halogens is 4. The zero-order chi connectivity index (χ0) is 12.9. The Kier molecular flexibility index (Phi) is 5.46. The molecule has 5 heteroatoms. The summed E-state index contributed by atoms with van der Waals surface area (Å²) in [4.78, 5) is 0.